The second kappa shape index (κ2) is 15.4. The molecule has 1 saturated carbocycles. The van der Waals surface area contributed by atoms with Crippen LogP contribution in [0.5, 0.6) is 5.75 Å². The van der Waals surface area contributed by atoms with Crippen LogP contribution in [0.3, 0.4) is 0 Å². The molecule has 226 valence electrons. The Morgan fingerprint density at radius 1 is 1.08 bits per heavy atom. The van der Waals surface area contributed by atoms with Crippen LogP contribution in [0, 0.1) is 5.92 Å². The fraction of sp³-hybridized carbons (Fsp3) is 0.788. The molecule has 0 spiro atoms. The molecule has 2 fully saturated rings. The maximum atomic E-state index is 10.7. The maximum Gasteiger partial charge on any atom is 0.297 e. The molecule has 39 heavy (non-hydrogen) atoms. The van der Waals surface area contributed by atoms with Crippen LogP contribution in [-0.2, 0) is 30.8 Å². The number of aromatic hydroxyl groups is 1. The monoisotopic (exact) mass is 550 g/mol. The average Bonchev–Trinajstić information content (AvgIpc) is 2.96. The van der Waals surface area contributed by atoms with E-state index >= 15 is 0 Å². The third-order valence-corrected chi connectivity index (χ3v) is 9.14. The summed E-state index contributed by atoms with van der Waals surface area (Å²) in [5, 5.41) is 10.0. The van der Waals surface area contributed by atoms with Crippen LogP contribution in [0.2, 0.25) is 0 Å². The molecule has 1 aliphatic heterocycles. The minimum Gasteiger partial charge on any atom is -0.508 e. The molecule has 4 atom stereocenters. The molecule has 3 aliphatic rings. The van der Waals surface area contributed by atoms with Crippen molar-refractivity contribution in [2.75, 3.05) is 34.0 Å². The summed E-state index contributed by atoms with van der Waals surface area (Å²) in [4.78, 5) is 10.7. The van der Waals surface area contributed by atoms with Gasteiger partial charge in [0.05, 0.1) is 37.4 Å². The first-order chi connectivity index (χ1) is 18.4. The van der Waals surface area contributed by atoms with E-state index < -0.39 is 0 Å². The van der Waals surface area contributed by atoms with Gasteiger partial charge in [0, 0.05) is 31.3 Å². The molecule has 2 bridgehead atoms. The Balaban J connectivity index is 0.000000407. The van der Waals surface area contributed by atoms with Gasteiger partial charge in [-0.25, -0.2) is 0 Å². The predicted octanol–water partition coefficient (Wildman–Crippen LogP) is 7.39. The van der Waals surface area contributed by atoms with Gasteiger partial charge in [0.2, 0.25) is 6.73 Å². The largest absolute Gasteiger partial charge is 0.508 e. The van der Waals surface area contributed by atoms with E-state index in [9.17, 15) is 9.90 Å². The minimum absolute atomic E-state index is 0.0319. The molecule has 1 saturated heterocycles. The number of fused-ring (bicyclic) bond motifs is 1. The number of phenolic OH excluding ortho intramolecular Hbond substituents is 1. The van der Waals surface area contributed by atoms with E-state index in [1.165, 1.54) is 36.8 Å². The van der Waals surface area contributed by atoms with Crippen LogP contribution in [0.25, 0.3) is 0 Å². The minimum atomic E-state index is -0.174. The second-order valence-corrected chi connectivity index (χ2v) is 12.3. The van der Waals surface area contributed by atoms with Crippen molar-refractivity contribution in [2.24, 2.45) is 5.92 Å². The fourth-order valence-electron chi connectivity index (χ4n) is 6.35. The third kappa shape index (κ3) is 8.68. The highest BCUT2D eigenvalue weighted by molar-refractivity contribution is 5.44. The Labute approximate surface area is 240 Å². The van der Waals surface area contributed by atoms with E-state index in [4.69, 9.17) is 14.2 Å². The Hall–Kier alpha value is -1.63. The van der Waals surface area contributed by atoms with Gasteiger partial charge >= 0.3 is 0 Å². The van der Waals surface area contributed by atoms with E-state index in [0.29, 0.717) is 37.5 Å². The average molecular weight is 551 g/mol. The van der Waals surface area contributed by atoms with E-state index in [0.717, 1.165) is 30.3 Å². The number of rotatable bonds is 8. The van der Waals surface area contributed by atoms with E-state index in [-0.39, 0.29) is 16.6 Å². The normalized spacial score (nSPS) is 27.1. The van der Waals surface area contributed by atoms with Crippen molar-refractivity contribution in [2.45, 2.75) is 130 Å². The zero-order valence-corrected chi connectivity index (χ0v) is 27.1. The molecule has 1 N–H and O–H groups in total. The maximum absolute atomic E-state index is 10.7. The lowest BCUT2D eigenvalue weighted by atomic mass is 9.52. The highest BCUT2D eigenvalue weighted by Gasteiger charge is 2.59. The van der Waals surface area contributed by atoms with Crippen molar-refractivity contribution >= 4 is 6.47 Å². The van der Waals surface area contributed by atoms with Crippen molar-refractivity contribution in [3.8, 4) is 5.75 Å². The number of piperidine rings is 1. The number of ether oxygens (including phenoxy) is 3. The number of hydrogen-bond acceptors (Lipinski definition) is 5. The first-order valence-electron chi connectivity index (χ1n) is 15.3. The molecular formula is C33H60NO5+. The fourth-order valence-corrected chi connectivity index (χ4v) is 6.35. The Kier molecular flexibility index (Phi) is 14.0. The molecule has 6 nitrogen and oxygen atoms in total. The van der Waals surface area contributed by atoms with Gasteiger partial charge in [0.15, 0.2) is 0 Å². The van der Waals surface area contributed by atoms with Crippen molar-refractivity contribution in [3.05, 3.63) is 29.3 Å². The van der Waals surface area contributed by atoms with E-state index in [1.54, 1.807) is 7.11 Å². The summed E-state index contributed by atoms with van der Waals surface area (Å²) >= 11 is 0. The van der Waals surface area contributed by atoms with Crippen molar-refractivity contribution in [3.63, 3.8) is 0 Å². The number of carbonyl (C=O) groups is 1. The quantitative estimate of drug-likeness (QED) is 0.270. The SMILES string of the molecule is CC.CC.CCC(C)(C)OCC(C)(C)OC.C[N+]1(COC=O)CC[C@]23CCCCC2C1Cc1ccc(O)cc13. The molecule has 4 rings (SSSR count). The van der Waals surface area contributed by atoms with Gasteiger partial charge in [0.1, 0.15) is 5.75 Å². The lowest BCUT2D eigenvalue weighted by Crippen LogP contribution is -2.68. The molecule has 0 amide bonds. The lowest BCUT2D eigenvalue weighted by Gasteiger charge is -2.60. The molecule has 1 aromatic rings. The Morgan fingerprint density at radius 3 is 2.33 bits per heavy atom. The Bertz CT molecular complexity index is 854. The number of likely N-dealkylation sites (N-methyl/N-ethyl adjacent to an activating group) is 1. The smallest absolute Gasteiger partial charge is 0.297 e. The van der Waals surface area contributed by atoms with Gasteiger partial charge in [-0.2, -0.15) is 0 Å². The molecule has 3 unspecified atom stereocenters. The van der Waals surface area contributed by atoms with Crippen LogP contribution in [0.15, 0.2) is 18.2 Å². The zero-order chi connectivity index (χ0) is 29.9. The van der Waals surface area contributed by atoms with Crippen LogP contribution in [0.1, 0.15) is 112 Å². The molecule has 0 aromatic heterocycles. The number of likely N-dealkylation sites (tertiary alicyclic amines) is 1. The summed E-state index contributed by atoms with van der Waals surface area (Å²) in [5.74, 6) is 1.03. The van der Waals surface area contributed by atoms with E-state index in [1.807, 2.05) is 53.7 Å². The van der Waals surface area contributed by atoms with Crippen LogP contribution in [-0.4, -0.2) is 67.3 Å². The third-order valence-electron chi connectivity index (χ3n) is 9.14. The highest BCUT2D eigenvalue weighted by atomic mass is 16.5. The predicted molar refractivity (Wildman–Crippen MR) is 161 cm³/mol. The van der Waals surface area contributed by atoms with E-state index in [2.05, 4.69) is 33.9 Å². The summed E-state index contributed by atoms with van der Waals surface area (Å²) in [7, 11) is 3.96. The summed E-state index contributed by atoms with van der Waals surface area (Å²) in [6.45, 7) is 21.1. The molecular weight excluding hydrogens is 490 g/mol. The van der Waals surface area contributed by atoms with Gasteiger partial charge in [0.25, 0.3) is 6.47 Å². The van der Waals surface area contributed by atoms with Crippen molar-refractivity contribution in [1.82, 2.24) is 0 Å². The van der Waals surface area contributed by atoms with Crippen LogP contribution < -0.4 is 0 Å². The van der Waals surface area contributed by atoms with Crippen LogP contribution in [0.4, 0.5) is 0 Å². The van der Waals surface area contributed by atoms with Crippen molar-refractivity contribution < 1.29 is 28.6 Å². The highest BCUT2D eigenvalue weighted by Crippen LogP contribution is 2.57. The summed E-state index contributed by atoms with van der Waals surface area (Å²) in [5.41, 5.74) is 2.82. The molecule has 6 heteroatoms. The standard InChI is InChI=1S/C19H25NO3.C10H22O2.2C2H6/c1-20(12-23-13-21)9-8-19-7-3-2-4-16(19)18(20)10-14-5-6-15(22)11-17(14)19;1-7-9(2,3)12-8-10(4,5)11-6;2*1-2/h5-6,11,13,16,18H,2-4,7-10,12H2,1H3;7-8H2,1-6H3;2*1-2H3/p+1/t16?,18?,19-,20?;;;/m1.../s1. The summed E-state index contributed by atoms with van der Waals surface area (Å²) in [6.07, 6.45) is 8.25. The molecule has 1 aromatic carbocycles. The number of phenols is 1. The topological polar surface area (TPSA) is 65.0 Å². The number of methoxy groups -OCH3 is 1. The number of hydrogen-bond donors (Lipinski definition) is 1. The van der Waals surface area contributed by atoms with Gasteiger partial charge in [-0.15, -0.1) is 0 Å². The summed E-state index contributed by atoms with van der Waals surface area (Å²) < 4.78 is 17.0. The van der Waals surface area contributed by atoms with Gasteiger partial charge in [-0.3, -0.25) is 9.28 Å². The van der Waals surface area contributed by atoms with Crippen LogP contribution >= 0.6 is 0 Å². The number of carbonyl (C=O) groups excluding carboxylic acids is 1. The zero-order valence-electron chi connectivity index (χ0n) is 27.1. The van der Waals surface area contributed by atoms with Crippen molar-refractivity contribution in [1.29, 1.82) is 0 Å². The first-order valence-corrected chi connectivity index (χ1v) is 15.3. The number of quaternary nitrogens is 1. The van der Waals surface area contributed by atoms with Gasteiger partial charge in [-0.1, -0.05) is 53.5 Å². The number of benzene rings is 1. The number of nitrogens with zero attached hydrogens (tertiary/aromatic N) is 1. The first kappa shape index (κ1) is 35.4. The lowest BCUT2D eigenvalue weighted by molar-refractivity contribution is -0.959. The summed E-state index contributed by atoms with van der Waals surface area (Å²) in [6, 6.07) is 6.48. The van der Waals surface area contributed by atoms with Gasteiger partial charge in [-0.05, 0) is 70.2 Å². The van der Waals surface area contributed by atoms with Gasteiger partial charge < -0.3 is 19.3 Å². The molecule has 2 aliphatic carbocycles. The Morgan fingerprint density at radius 2 is 1.74 bits per heavy atom. The molecule has 1 heterocycles. The second-order valence-electron chi connectivity index (χ2n) is 12.3. The molecule has 0 radical (unpaired) electrons.